The van der Waals surface area contributed by atoms with Crippen LogP contribution in [-0.2, 0) is 16.6 Å². The molecular weight excluding hydrogens is 490 g/mol. The normalized spacial score (nSPS) is 26.9. The van der Waals surface area contributed by atoms with E-state index in [1.807, 2.05) is 51.4 Å². The first-order valence-corrected chi connectivity index (χ1v) is 13.7. The van der Waals surface area contributed by atoms with Gasteiger partial charge in [0.15, 0.2) is 0 Å². The van der Waals surface area contributed by atoms with Gasteiger partial charge in [0.05, 0.1) is 30.1 Å². The zero-order chi connectivity index (χ0) is 27.5. The maximum Gasteiger partial charge on any atom is 0.257 e. The number of rotatable bonds is 7. The van der Waals surface area contributed by atoms with Crippen LogP contribution in [0.15, 0.2) is 57.8 Å². The molecular formula is C30H37N7O2. The molecule has 5 rings (SSSR count). The Labute approximate surface area is 229 Å². The van der Waals surface area contributed by atoms with Crippen LogP contribution in [-0.4, -0.2) is 64.1 Å². The molecule has 2 N–H and O–H groups in total. The van der Waals surface area contributed by atoms with Crippen molar-refractivity contribution in [3.8, 4) is 0 Å². The van der Waals surface area contributed by atoms with Gasteiger partial charge in [-0.3, -0.25) is 29.2 Å². The van der Waals surface area contributed by atoms with Gasteiger partial charge in [0, 0.05) is 55.2 Å². The standard InChI is InChI=1S/C30H37N7O2/c1-5-23-11-28(22-14-33-36(4)17-22)32-13-20(3)26(15-31-23)30(39)35-27-12-24(8-6-19(27)2)34-29(38)18-37-16-21-7-9-25(37)10-21/h6,8,11-15,17,21,23,25H,5,7,9-10,16,18H2,1-4H3,(H,34,38)(H,35,39)/b26-20-,28-11-,31-15?,32-13-. The van der Waals surface area contributed by atoms with Crippen molar-refractivity contribution in [1.29, 1.82) is 0 Å². The number of likely N-dealkylation sites (tertiary alicyclic amines) is 1. The molecule has 3 unspecified atom stereocenters. The summed E-state index contributed by atoms with van der Waals surface area (Å²) in [5.41, 5.74) is 5.02. The average Bonchev–Trinajstić information content (AvgIpc) is 3.65. The first-order chi connectivity index (χ1) is 18.8. The fourth-order valence-electron chi connectivity index (χ4n) is 5.59. The van der Waals surface area contributed by atoms with Gasteiger partial charge >= 0.3 is 0 Å². The van der Waals surface area contributed by atoms with Crippen molar-refractivity contribution in [3.05, 3.63) is 58.9 Å². The van der Waals surface area contributed by atoms with E-state index in [-0.39, 0.29) is 17.9 Å². The van der Waals surface area contributed by atoms with Crippen LogP contribution in [0.1, 0.15) is 50.7 Å². The number of amides is 2. The van der Waals surface area contributed by atoms with Crippen molar-refractivity contribution in [3.63, 3.8) is 0 Å². The van der Waals surface area contributed by atoms with E-state index < -0.39 is 0 Å². The molecule has 0 radical (unpaired) electrons. The van der Waals surface area contributed by atoms with E-state index in [4.69, 9.17) is 4.99 Å². The third-order valence-electron chi connectivity index (χ3n) is 7.87. The van der Waals surface area contributed by atoms with Gasteiger partial charge in [-0.05, 0) is 74.8 Å². The molecule has 2 amide bonds. The molecule has 2 fully saturated rings. The summed E-state index contributed by atoms with van der Waals surface area (Å²) < 4.78 is 1.74. The van der Waals surface area contributed by atoms with E-state index in [1.54, 1.807) is 23.3 Å². The van der Waals surface area contributed by atoms with Crippen LogP contribution in [0.4, 0.5) is 11.4 Å². The highest BCUT2D eigenvalue weighted by Gasteiger charge is 2.38. The molecule has 3 atom stereocenters. The second-order valence-corrected chi connectivity index (χ2v) is 10.9. The molecule has 9 nitrogen and oxygen atoms in total. The van der Waals surface area contributed by atoms with Gasteiger partial charge in [-0.1, -0.05) is 13.0 Å². The van der Waals surface area contributed by atoms with Crippen molar-refractivity contribution < 1.29 is 9.59 Å². The Morgan fingerprint density at radius 1 is 1.13 bits per heavy atom. The first-order valence-electron chi connectivity index (χ1n) is 13.7. The third kappa shape index (κ3) is 6.25. The summed E-state index contributed by atoms with van der Waals surface area (Å²) in [7, 11) is 1.87. The third-order valence-corrected chi connectivity index (χ3v) is 7.87. The minimum absolute atomic E-state index is 0.0237. The molecule has 204 valence electrons. The number of nitrogens with zero attached hydrogens (tertiary/aromatic N) is 5. The number of piperidine rings is 1. The largest absolute Gasteiger partial charge is 0.325 e. The van der Waals surface area contributed by atoms with Crippen LogP contribution in [0.5, 0.6) is 0 Å². The number of fused-ring (bicyclic) bond motifs is 2. The van der Waals surface area contributed by atoms with Gasteiger partial charge in [0.25, 0.3) is 5.91 Å². The molecule has 0 spiro atoms. The minimum atomic E-state index is -0.276. The number of benzene rings is 1. The fraction of sp³-hybridized carbons (Fsp3) is 0.433. The summed E-state index contributed by atoms with van der Waals surface area (Å²) in [6.07, 6.45) is 13.5. The lowest BCUT2D eigenvalue weighted by Gasteiger charge is -2.25. The van der Waals surface area contributed by atoms with Crippen LogP contribution in [0, 0.1) is 12.8 Å². The highest BCUT2D eigenvalue weighted by atomic mass is 16.2. The average molecular weight is 528 g/mol. The fourth-order valence-corrected chi connectivity index (χ4v) is 5.59. The maximum atomic E-state index is 13.4. The smallest absolute Gasteiger partial charge is 0.257 e. The monoisotopic (exact) mass is 527 g/mol. The molecule has 3 heterocycles. The van der Waals surface area contributed by atoms with Gasteiger partial charge in [0.1, 0.15) is 0 Å². The molecule has 1 aliphatic carbocycles. The lowest BCUT2D eigenvalue weighted by Crippen LogP contribution is -2.38. The minimum Gasteiger partial charge on any atom is -0.325 e. The molecule has 2 bridgehead atoms. The Bertz CT molecular complexity index is 1380. The highest BCUT2D eigenvalue weighted by Crippen LogP contribution is 2.37. The van der Waals surface area contributed by atoms with Crippen molar-refractivity contribution in [2.24, 2.45) is 23.0 Å². The van der Waals surface area contributed by atoms with Gasteiger partial charge in [-0.15, -0.1) is 0 Å². The van der Waals surface area contributed by atoms with E-state index in [9.17, 15) is 9.59 Å². The second-order valence-electron chi connectivity index (χ2n) is 10.9. The summed E-state index contributed by atoms with van der Waals surface area (Å²) in [4.78, 5) is 37.9. The zero-order valence-electron chi connectivity index (χ0n) is 23.1. The molecule has 2 aromatic rings. The van der Waals surface area contributed by atoms with E-state index in [1.165, 1.54) is 19.3 Å². The predicted molar refractivity (Wildman–Crippen MR) is 156 cm³/mol. The van der Waals surface area contributed by atoms with Crippen molar-refractivity contribution in [1.82, 2.24) is 14.7 Å². The summed E-state index contributed by atoms with van der Waals surface area (Å²) in [6, 6.07) is 6.01. The van der Waals surface area contributed by atoms with E-state index in [2.05, 4.69) is 32.5 Å². The van der Waals surface area contributed by atoms with Crippen LogP contribution < -0.4 is 10.6 Å². The number of hydrogen-bond acceptors (Lipinski definition) is 6. The summed E-state index contributed by atoms with van der Waals surface area (Å²) in [5, 5.41) is 10.3. The summed E-state index contributed by atoms with van der Waals surface area (Å²) in [6.45, 7) is 7.26. The first kappa shape index (κ1) is 26.7. The number of aromatic nitrogens is 2. The molecule has 1 saturated carbocycles. The Balaban J connectivity index is 1.30. The zero-order valence-corrected chi connectivity index (χ0v) is 23.1. The molecule has 1 aromatic carbocycles. The molecule has 39 heavy (non-hydrogen) atoms. The number of hydrogen-bond donors (Lipinski definition) is 2. The number of nitrogens with one attached hydrogen (secondary N) is 2. The lowest BCUT2D eigenvalue weighted by molar-refractivity contribution is -0.117. The maximum absolute atomic E-state index is 13.4. The Morgan fingerprint density at radius 2 is 1.97 bits per heavy atom. The topological polar surface area (TPSA) is 104 Å². The van der Waals surface area contributed by atoms with Crippen LogP contribution in [0.2, 0.25) is 0 Å². The van der Waals surface area contributed by atoms with E-state index >= 15 is 0 Å². The van der Waals surface area contributed by atoms with Crippen molar-refractivity contribution >= 4 is 41.3 Å². The van der Waals surface area contributed by atoms with Crippen LogP contribution in [0.3, 0.4) is 0 Å². The van der Waals surface area contributed by atoms with Crippen LogP contribution in [0.25, 0.3) is 5.70 Å². The molecule has 9 heteroatoms. The number of aryl methyl sites for hydroxylation is 2. The second kappa shape index (κ2) is 11.5. The number of carbonyl (C=O) groups excluding carboxylic acids is 2. The van der Waals surface area contributed by atoms with Gasteiger partial charge in [-0.2, -0.15) is 5.10 Å². The van der Waals surface area contributed by atoms with E-state index in [0.29, 0.717) is 35.1 Å². The highest BCUT2D eigenvalue weighted by molar-refractivity contribution is 6.21. The quantitative estimate of drug-likeness (QED) is 0.558. The van der Waals surface area contributed by atoms with Gasteiger partial charge < -0.3 is 10.6 Å². The number of anilines is 2. The lowest BCUT2D eigenvalue weighted by atomic mass is 10.1. The molecule has 1 aromatic heterocycles. The molecule has 2 aliphatic heterocycles. The Morgan fingerprint density at radius 3 is 2.67 bits per heavy atom. The van der Waals surface area contributed by atoms with Crippen molar-refractivity contribution in [2.45, 2.75) is 58.5 Å². The SMILES string of the molecule is CCC1\C=C(c2cnn(C)c2)/N=C\C(C)=C(/C(=O)Nc2cc(NC(=O)CN3CC4CCC3C4)ccc2C)C=N1. The van der Waals surface area contributed by atoms with Crippen molar-refractivity contribution in [2.75, 3.05) is 23.7 Å². The summed E-state index contributed by atoms with van der Waals surface area (Å²) in [5.74, 6) is 0.449. The van der Waals surface area contributed by atoms with Gasteiger partial charge in [0.2, 0.25) is 5.91 Å². The van der Waals surface area contributed by atoms with E-state index in [0.717, 1.165) is 35.7 Å². The number of allylic oxidation sites excluding steroid dienone is 1. The van der Waals surface area contributed by atoms with Gasteiger partial charge in [-0.25, -0.2) is 0 Å². The van der Waals surface area contributed by atoms with Crippen LogP contribution >= 0.6 is 0 Å². The molecule has 1 saturated heterocycles. The number of aliphatic imine (C=N–C) groups is 2. The summed E-state index contributed by atoms with van der Waals surface area (Å²) >= 11 is 0. The Kier molecular flexibility index (Phi) is 7.88. The predicted octanol–water partition coefficient (Wildman–Crippen LogP) is 4.38. The number of carbonyl (C=O) groups is 2. The Hall–Kier alpha value is -3.85. The molecule has 3 aliphatic rings.